The van der Waals surface area contributed by atoms with Gasteiger partial charge in [-0.05, 0) is 94.2 Å². The van der Waals surface area contributed by atoms with E-state index in [1.54, 1.807) is 0 Å². The van der Waals surface area contributed by atoms with Crippen molar-refractivity contribution in [2.24, 2.45) is 28.6 Å². The predicted octanol–water partition coefficient (Wildman–Crippen LogP) is 5.28. The standard InChI is InChI=1S/C23H32O3/c1-4-22(2,3)21(25)26-19-7-5-18(6-8-19)20(24)23-12-15-9-16(13-23)11-17(10-15)14-23/h5-8,15-17,20,24H,4,9-14H2,1-3H3. The summed E-state index contributed by atoms with van der Waals surface area (Å²) in [5.41, 5.74) is 0.579. The maximum Gasteiger partial charge on any atom is 0.316 e. The molecule has 1 unspecified atom stereocenters. The van der Waals surface area contributed by atoms with Crippen LogP contribution in [0.1, 0.15) is 77.4 Å². The monoisotopic (exact) mass is 356 g/mol. The zero-order chi connectivity index (χ0) is 18.5. The zero-order valence-electron chi connectivity index (χ0n) is 16.3. The summed E-state index contributed by atoms with van der Waals surface area (Å²) in [5.74, 6) is 2.85. The average Bonchev–Trinajstić information content (AvgIpc) is 2.60. The third-order valence-electron chi connectivity index (χ3n) is 7.51. The lowest BCUT2D eigenvalue weighted by Crippen LogP contribution is -2.48. The van der Waals surface area contributed by atoms with E-state index in [0.29, 0.717) is 5.75 Å². The van der Waals surface area contributed by atoms with Crippen LogP contribution in [0.15, 0.2) is 24.3 Å². The van der Waals surface area contributed by atoms with Crippen molar-refractivity contribution in [3.8, 4) is 5.75 Å². The Morgan fingerprint density at radius 3 is 2.08 bits per heavy atom. The van der Waals surface area contributed by atoms with E-state index in [2.05, 4.69) is 0 Å². The van der Waals surface area contributed by atoms with Crippen molar-refractivity contribution in [2.45, 2.75) is 71.8 Å². The number of ether oxygens (including phenoxy) is 1. The SMILES string of the molecule is CCC(C)(C)C(=O)Oc1ccc(C(O)C23CC4CC(CC(C4)C2)C3)cc1. The molecule has 0 radical (unpaired) electrons. The van der Waals surface area contributed by atoms with E-state index in [4.69, 9.17) is 4.74 Å². The highest BCUT2D eigenvalue weighted by atomic mass is 16.5. The number of hydrogen-bond acceptors (Lipinski definition) is 3. The Hall–Kier alpha value is -1.35. The summed E-state index contributed by atoms with van der Waals surface area (Å²) in [7, 11) is 0. The van der Waals surface area contributed by atoms with Gasteiger partial charge in [0.2, 0.25) is 0 Å². The molecule has 0 heterocycles. The minimum atomic E-state index is -0.475. The molecule has 5 rings (SSSR count). The highest BCUT2D eigenvalue weighted by Crippen LogP contribution is 2.64. The molecule has 1 N–H and O–H groups in total. The minimum Gasteiger partial charge on any atom is -0.426 e. The highest BCUT2D eigenvalue weighted by Gasteiger charge is 2.54. The van der Waals surface area contributed by atoms with Crippen LogP contribution in [0.4, 0.5) is 0 Å². The summed E-state index contributed by atoms with van der Waals surface area (Å²) in [5, 5.41) is 11.2. The molecule has 4 aliphatic rings. The van der Waals surface area contributed by atoms with Crippen molar-refractivity contribution >= 4 is 5.97 Å². The first-order valence-electron chi connectivity index (χ1n) is 10.3. The minimum absolute atomic E-state index is 0.0805. The van der Waals surface area contributed by atoms with Gasteiger partial charge in [-0.1, -0.05) is 19.1 Å². The third-order valence-corrected chi connectivity index (χ3v) is 7.51. The molecule has 0 spiro atoms. The number of carbonyl (C=O) groups excluding carboxylic acids is 1. The van der Waals surface area contributed by atoms with Gasteiger partial charge in [-0.15, -0.1) is 0 Å². The lowest BCUT2D eigenvalue weighted by molar-refractivity contribution is -0.144. The molecule has 1 aromatic rings. The maximum absolute atomic E-state index is 12.2. The molecule has 1 atom stereocenters. The molecule has 0 aliphatic heterocycles. The zero-order valence-corrected chi connectivity index (χ0v) is 16.3. The molecule has 26 heavy (non-hydrogen) atoms. The van der Waals surface area contributed by atoms with Crippen LogP contribution in [-0.2, 0) is 4.79 Å². The number of aliphatic hydroxyl groups is 1. The molecule has 1 aromatic carbocycles. The molecule has 4 bridgehead atoms. The van der Waals surface area contributed by atoms with Crippen LogP contribution in [0.5, 0.6) is 5.75 Å². The van der Waals surface area contributed by atoms with Crippen LogP contribution in [0.25, 0.3) is 0 Å². The number of carbonyl (C=O) groups is 1. The van der Waals surface area contributed by atoms with Crippen molar-refractivity contribution < 1.29 is 14.6 Å². The van der Waals surface area contributed by atoms with E-state index in [0.717, 1.165) is 29.7 Å². The third kappa shape index (κ3) is 3.09. The summed E-state index contributed by atoms with van der Waals surface area (Å²) >= 11 is 0. The molecule has 4 fully saturated rings. The van der Waals surface area contributed by atoms with E-state index < -0.39 is 11.5 Å². The lowest BCUT2D eigenvalue weighted by Gasteiger charge is -2.58. The second-order valence-corrected chi connectivity index (χ2v) is 9.88. The molecule has 4 aliphatic carbocycles. The number of benzene rings is 1. The van der Waals surface area contributed by atoms with E-state index in [1.807, 2.05) is 45.0 Å². The Morgan fingerprint density at radius 1 is 1.12 bits per heavy atom. The van der Waals surface area contributed by atoms with Gasteiger partial charge in [0, 0.05) is 5.41 Å². The number of hydrogen-bond donors (Lipinski definition) is 1. The molecule has 4 saturated carbocycles. The maximum atomic E-state index is 12.2. The Balaban J connectivity index is 1.48. The number of esters is 1. The van der Waals surface area contributed by atoms with Crippen LogP contribution in [0.2, 0.25) is 0 Å². The Kier molecular flexibility index (Phi) is 4.42. The van der Waals surface area contributed by atoms with Crippen LogP contribution in [-0.4, -0.2) is 11.1 Å². The van der Waals surface area contributed by atoms with Crippen molar-refractivity contribution in [3.05, 3.63) is 29.8 Å². The van der Waals surface area contributed by atoms with Crippen LogP contribution < -0.4 is 4.74 Å². The summed E-state index contributed by atoms with van der Waals surface area (Å²) in [6.07, 6.45) is 8.04. The summed E-state index contributed by atoms with van der Waals surface area (Å²) in [6, 6.07) is 7.57. The fraction of sp³-hybridized carbons (Fsp3) is 0.696. The molecule has 0 aromatic heterocycles. The molecule has 3 heteroatoms. The van der Waals surface area contributed by atoms with Crippen molar-refractivity contribution in [3.63, 3.8) is 0 Å². The Bertz CT molecular complexity index is 638. The summed E-state index contributed by atoms with van der Waals surface area (Å²) in [4.78, 5) is 12.2. The largest absolute Gasteiger partial charge is 0.426 e. The van der Waals surface area contributed by atoms with Crippen LogP contribution in [0.3, 0.4) is 0 Å². The van der Waals surface area contributed by atoms with E-state index in [-0.39, 0.29) is 11.4 Å². The Morgan fingerprint density at radius 2 is 1.62 bits per heavy atom. The van der Waals surface area contributed by atoms with E-state index >= 15 is 0 Å². The molecule has 142 valence electrons. The van der Waals surface area contributed by atoms with Crippen molar-refractivity contribution in [1.29, 1.82) is 0 Å². The van der Waals surface area contributed by atoms with Gasteiger partial charge in [0.1, 0.15) is 5.75 Å². The second-order valence-electron chi connectivity index (χ2n) is 9.88. The van der Waals surface area contributed by atoms with Gasteiger partial charge in [-0.2, -0.15) is 0 Å². The van der Waals surface area contributed by atoms with Gasteiger partial charge >= 0.3 is 5.97 Å². The van der Waals surface area contributed by atoms with Crippen LogP contribution in [0, 0.1) is 28.6 Å². The summed E-state index contributed by atoms with van der Waals surface area (Å²) < 4.78 is 5.53. The molecular formula is C23H32O3. The van der Waals surface area contributed by atoms with Crippen LogP contribution >= 0.6 is 0 Å². The average molecular weight is 357 g/mol. The smallest absolute Gasteiger partial charge is 0.316 e. The topological polar surface area (TPSA) is 46.5 Å². The molecule has 3 nitrogen and oxygen atoms in total. The first-order chi connectivity index (χ1) is 12.3. The molecule has 0 saturated heterocycles. The number of rotatable bonds is 5. The fourth-order valence-electron chi connectivity index (χ4n) is 5.97. The molecule has 0 amide bonds. The predicted molar refractivity (Wildman–Crippen MR) is 102 cm³/mol. The highest BCUT2D eigenvalue weighted by molar-refractivity contribution is 5.78. The van der Waals surface area contributed by atoms with Gasteiger partial charge in [0.05, 0.1) is 11.5 Å². The van der Waals surface area contributed by atoms with E-state index in [9.17, 15) is 9.90 Å². The quantitative estimate of drug-likeness (QED) is 0.577. The normalized spacial score (nSPS) is 33.9. The van der Waals surface area contributed by atoms with Gasteiger partial charge < -0.3 is 9.84 Å². The van der Waals surface area contributed by atoms with Crippen molar-refractivity contribution in [2.75, 3.05) is 0 Å². The first-order valence-corrected chi connectivity index (χ1v) is 10.3. The van der Waals surface area contributed by atoms with Gasteiger partial charge in [-0.3, -0.25) is 4.79 Å². The fourth-order valence-corrected chi connectivity index (χ4v) is 5.97. The van der Waals surface area contributed by atoms with E-state index in [1.165, 1.54) is 38.5 Å². The molecular weight excluding hydrogens is 324 g/mol. The summed E-state index contributed by atoms with van der Waals surface area (Å²) in [6.45, 7) is 5.80. The Labute approximate surface area is 157 Å². The first kappa shape index (κ1) is 18.0. The van der Waals surface area contributed by atoms with Gasteiger partial charge in [0.15, 0.2) is 0 Å². The van der Waals surface area contributed by atoms with Gasteiger partial charge in [0.25, 0.3) is 0 Å². The second kappa shape index (κ2) is 6.37. The van der Waals surface area contributed by atoms with Crippen molar-refractivity contribution in [1.82, 2.24) is 0 Å². The van der Waals surface area contributed by atoms with Gasteiger partial charge in [-0.25, -0.2) is 0 Å². The number of aliphatic hydroxyl groups excluding tert-OH is 1. The lowest BCUT2D eigenvalue weighted by atomic mass is 9.47.